The van der Waals surface area contributed by atoms with Crippen LogP contribution in [0.5, 0.6) is 0 Å². The van der Waals surface area contributed by atoms with Gasteiger partial charge in [0.2, 0.25) is 0 Å². The van der Waals surface area contributed by atoms with Crippen LogP contribution < -0.4 is 11.1 Å². The third kappa shape index (κ3) is 4.65. The zero-order valence-corrected chi connectivity index (χ0v) is 15.6. The van der Waals surface area contributed by atoms with E-state index in [0.717, 1.165) is 5.56 Å². The smallest absolute Gasteiger partial charge is 0.254 e. The number of nitrogen functional groups attached to an aromatic ring is 1. The molecule has 1 aliphatic heterocycles. The average molecular weight is 367 g/mol. The van der Waals surface area contributed by atoms with Crippen molar-refractivity contribution in [3.05, 3.63) is 65.2 Å². The summed E-state index contributed by atoms with van der Waals surface area (Å²) >= 11 is 0. The number of nitrogens with two attached hydrogens (primary N) is 1. The Labute approximate surface area is 159 Å². The lowest BCUT2D eigenvalue weighted by molar-refractivity contribution is -0.0586. The van der Waals surface area contributed by atoms with Crippen LogP contribution in [0.15, 0.2) is 48.5 Å². The molecule has 1 heterocycles. The summed E-state index contributed by atoms with van der Waals surface area (Å²) in [6.07, 6.45) is 0.0789. The first-order chi connectivity index (χ1) is 12.9. The van der Waals surface area contributed by atoms with Crippen molar-refractivity contribution in [1.82, 2.24) is 10.2 Å². The molecule has 2 amide bonds. The van der Waals surface area contributed by atoms with Gasteiger partial charge in [0, 0.05) is 30.9 Å². The van der Waals surface area contributed by atoms with Gasteiger partial charge in [0.1, 0.15) is 0 Å². The number of hydrogen-bond acceptors (Lipinski definition) is 4. The number of para-hydroxylation sites is 1. The van der Waals surface area contributed by atoms with Gasteiger partial charge in [0.15, 0.2) is 0 Å². The number of nitrogens with one attached hydrogen (secondary N) is 1. The highest BCUT2D eigenvalue weighted by atomic mass is 16.5. The van der Waals surface area contributed by atoms with Crippen LogP contribution >= 0.6 is 0 Å². The molecule has 6 nitrogen and oxygen atoms in total. The number of benzene rings is 2. The Balaban J connectivity index is 1.59. The maximum absolute atomic E-state index is 12.7. The molecule has 2 aromatic rings. The van der Waals surface area contributed by atoms with Gasteiger partial charge in [-0.15, -0.1) is 0 Å². The molecule has 1 fully saturated rings. The molecule has 27 heavy (non-hydrogen) atoms. The molecule has 0 radical (unpaired) electrons. The van der Waals surface area contributed by atoms with E-state index in [1.807, 2.05) is 30.9 Å². The third-order valence-electron chi connectivity index (χ3n) is 4.57. The summed E-state index contributed by atoms with van der Waals surface area (Å²) in [6.45, 7) is 5.51. The lowest BCUT2D eigenvalue weighted by Crippen LogP contribution is -2.48. The number of nitrogens with zero attached hydrogens (tertiary/aromatic N) is 1. The summed E-state index contributed by atoms with van der Waals surface area (Å²) < 4.78 is 5.68. The number of morpholine rings is 1. The average Bonchev–Trinajstić information content (AvgIpc) is 2.65. The van der Waals surface area contributed by atoms with E-state index in [2.05, 4.69) is 5.32 Å². The number of anilines is 1. The highest BCUT2D eigenvalue weighted by Crippen LogP contribution is 2.15. The lowest BCUT2D eigenvalue weighted by Gasteiger charge is -2.35. The molecule has 0 saturated carbocycles. The van der Waals surface area contributed by atoms with E-state index < -0.39 is 0 Å². The van der Waals surface area contributed by atoms with Crippen molar-refractivity contribution in [3.63, 3.8) is 0 Å². The normalized spacial score (nSPS) is 19.6. The molecule has 3 rings (SSSR count). The SMILES string of the molecule is CC1CN(C(=O)c2ccc(CNC(=O)c3ccccc3N)cc2)CC(C)O1. The maximum Gasteiger partial charge on any atom is 0.254 e. The fourth-order valence-electron chi connectivity index (χ4n) is 3.27. The van der Waals surface area contributed by atoms with E-state index in [9.17, 15) is 9.59 Å². The summed E-state index contributed by atoms with van der Waals surface area (Å²) in [5.41, 5.74) is 8.28. The molecule has 3 N–H and O–H groups in total. The highest BCUT2D eigenvalue weighted by Gasteiger charge is 2.26. The maximum atomic E-state index is 12.7. The first-order valence-electron chi connectivity index (χ1n) is 9.10. The van der Waals surface area contributed by atoms with Gasteiger partial charge in [-0.05, 0) is 43.7 Å². The van der Waals surface area contributed by atoms with Crippen LogP contribution in [0.2, 0.25) is 0 Å². The molecule has 0 spiro atoms. The van der Waals surface area contributed by atoms with Crippen LogP contribution in [0.1, 0.15) is 40.1 Å². The minimum atomic E-state index is -0.218. The van der Waals surface area contributed by atoms with Gasteiger partial charge in [-0.3, -0.25) is 9.59 Å². The largest absolute Gasteiger partial charge is 0.398 e. The molecular weight excluding hydrogens is 342 g/mol. The summed E-state index contributed by atoms with van der Waals surface area (Å²) in [7, 11) is 0. The molecule has 0 aromatic heterocycles. The fourth-order valence-corrected chi connectivity index (χ4v) is 3.27. The van der Waals surface area contributed by atoms with Gasteiger partial charge in [0.05, 0.1) is 17.8 Å². The zero-order chi connectivity index (χ0) is 19.4. The molecule has 2 atom stereocenters. The van der Waals surface area contributed by atoms with Crippen molar-refractivity contribution in [1.29, 1.82) is 0 Å². The van der Waals surface area contributed by atoms with Gasteiger partial charge in [-0.1, -0.05) is 24.3 Å². The summed E-state index contributed by atoms with van der Waals surface area (Å²) in [5.74, 6) is -0.214. The summed E-state index contributed by atoms with van der Waals surface area (Å²) in [5, 5.41) is 2.85. The number of hydrogen-bond donors (Lipinski definition) is 2. The summed E-state index contributed by atoms with van der Waals surface area (Å²) in [4.78, 5) is 26.7. The zero-order valence-electron chi connectivity index (χ0n) is 15.6. The predicted octanol–water partition coefficient (Wildman–Crippen LogP) is 2.45. The Kier molecular flexibility index (Phi) is 5.76. The highest BCUT2D eigenvalue weighted by molar-refractivity contribution is 5.99. The second-order valence-corrected chi connectivity index (χ2v) is 6.93. The Morgan fingerprint density at radius 2 is 1.70 bits per heavy atom. The van der Waals surface area contributed by atoms with Crippen LogP contribution in [-0.4, -0.2) is 42.0 Å². The van der Waals surface area contributed by atoms with Gasteiger partial charge < -0.3 is 20.7 Å². The first-order valence-corrected chi connectivity index (χ1v) is 9.10. The number of amides is 2. The Morgan fingerprint density at radius 1 is 1.07 bits per heavy atom. The minimum absolute atomic E-state index is 0.00430. The molecule has 1 aliphatic rings. The predicted molar refractivity (Wildman–Crippen MR) is 104 cm³/mol. The molecule has 1 saturated heterocycles. The van der Waals surface area contributed by atoms with Gasteiger partial charge >= 0.3 is 0 Å². The summed E-state index contributed by atoms with van der Waals surface area (Å²) in [6, 6.07) is 14.3. The Hall–Kier alpha value is -2.86. The number of ether oxygens (including phenoxy) is 1. The van der Waals surface area contributed by atoms with E-state index in [0.29, 0.717) is 36.4 Å². The van der Waals surface area contributed by atoms with Crippen molar-refractivity contribution in [3.8, 4) is 0 Å². The van der Waals surface area contributed by atoms with Crippen molar-refractivity contribution < 1.29 is 14.3 Å². The van der Waals surface area contributed by atoms with Crippen molar-refractivity contribution in [2.45, 2.75) is 32.6 Å². The number of carbonyl (C=O) groups is 2. The Bertz CT molecular complexity index is 810. The number of rotatable bonds is 4. The van der Waals surface area contributed by atoms with E-state index in [1.54, 1.807) is 36.4 Å². The lowest BCUT2D eigenvalue weighted by atomic mass is 10.1. The van der Waals surface area contributed by atoms with E-state index in [4.69, 9.17) is 10.5 Å². The van der Waals surface area contributed by atoms with E-state index in [-0.39, 0.29) is 24.0 Å². The van der Waals surface area contributed by atoms with Crippen molar-refractivity contribution >= 4 is 17.5 Å². The van der Waals surface area contributed by atoms with Crippen LogP contribution in [-0.2, 0) is 11.3 Å². The van der Waals surface area contributed by atoms with Gasteiger partial charge in [-0.25, -0.2) is 0 Å². The van der Waals surface area contributed by atoms with Gasteiger partial charge in [0.25, 0.3) is 11.8 Å². The molecule has 2 unspecified atom stereocenters. The number of carbonyl (C=O) groups excluding carboxylic acids is 2. The molecule has 0 aliphatic carbocycles. The van der Waals surface area contributed by atoms with Crippen LogP contribution in [0, 0.1) is 0 Å². The first kappa shape index (κ1) is 18.9. The fraction of sp³-hybridized carbons (Fsp3) is 0.333. The van der Waals surface area contributed by atoms with Crippen LogP contribution in [0.3, 0.4) is 0 Å². The molecule has 6 heteroatoms. The van der Waals surface area contributed by atoms with Crippen molar-refractivity contribution in [2.75, 3.05) is 18.8 Å². The second kappa shape index (κ2) is 8.22. The van der Waals surface area contributed by atoms with E-state index >= 15 is 0 Å². The molecule has 2 aromatic carbocycles. The monoisotopic (exact) mass is 367 g/mol. The standard InChI is InChI=1S/C21H25N3O3/c1-14-12-24(13-15(2)27-14)21(26)17-9-7-16(8-10-17)11-23-20(25)18-5-3-4-6-19(18)22/h3-10,14-15H,11-13,22H2,1-2H3,(H,23,25). The molecule has 142 valence electrons. The van der Waals surface area contributed by atoms with E-state index in [1.165, 1.54) is 0 Å². The minimum Gasteiger partial charge on any atom is -0.398 e. The second-order valence-electron chi connectivity index (χ2n) is 6.93. The van der Waals surface area contributed by atoms with Gasteiger partial charge in [-0.2, -0.15) is 0 Å². The molecule has 0 bridgehead atoms. The molecular formula is C21H25N3O3. The van der Waals surface area contributed by atoms with Crippen LogP contribution in [0.4, 0.5) is 5.69 Å². The Morgan fingerprint density at radius 3 is 2.33 bits per heavy atom. The van der Waals surface area contributed by atoms with Crippen LogP contribution in [0.25, 0.3) is 0 Å². The topological polar surface area (TPSA) is 84.7 Å². The third-order valence-corrected chi connectivity index (χ3v) is 4.57. The van der Waals surface area contributed by atoms with Crippen molar-refractivity contribution in [2.24, 2.45) is 0 Å². The quantitative estimate of drug-likeness (QED) is 0.813.